The fourth-order valence-corrected chi connectivity index (χ4v) is 2.48. The fraction of sp³-hybridized carbons (Fsp3) is 0.400. The normalized spacial score (nSPS) is 13.4. The van der Waals surface area contributed by atoms with Gasteiger partial charge in [-0.25, -0.2) is 14.5 Å². The summed E-state index contributed by atoms with van der Waals surface area (Å²) in [5, 5.41) is 7.06. The summed E-state index contributed by atoms with van der Waals surface area (Å²) in [7, 11) is 1.96. The summed E-state index contributed by atoms with van der Waals surface area (Å²) in [5.41, 5.74) is 1.93. The van der Waals surface area contributed by atoms with Crippen molar-refractivity contribution in [3.05, 3.63) is 30.4 Å². The number of fused-ring (bicyclic) bond motifs is 3. The number of aromatic nitrogens is 3. The van der Waals surface area contributed by atoms with Crippen LogP contribution in [0.25, 0.3) is 5.69 Å². The third-order valence-electron chi connectivity index (χ3n) is 3.26. The Labute approximate surface area is 128 Å². The molecule has 0 atom stereocenters. The van der Waals surface area contributed by atoms with Gasteiger partial charge in [-0.1, -0.05) is 6.07 Å². The quantitative estimate of drug-likeness (QED) is 0.876. The van der Waals surface area contributed by atoms with Gasteiger partial charge in [-0.05, 0) is 32.9 Å². The maximum Gasteiger partial charge on any atom is 0.412 e. The Morgan fingerprint density at radius 3 is 2.86 bits per heavy atom. The van der Waals surface area contributed by atoms with Crippen molar-refractivity contribution in [1.29, 1.82) is 0 Å². The molecule has 1 aliphatic heterocycles. The van der Waals surface area contributed by atoms with Crippen molar-refractivity contribution in [2.45, 2.75) is 32.9 Å². The van der Waals surface area contributed by atoms with Crippen LogP contribution in [0.3, 0.4) is 0 Å². The molecule has 0 bridgehead atoms. The van der Waals surface area contributed by atoms with E-state index in [0.717, 1.165) is 17.2 Å². The van der Waals surface area contributed by atoms with E-state index in [9.17, 15) is 4.79 Å². The van der Waals surface area contributed by atoms with Crippen molar-refractivity contribution in [3.8, 4) is 5.69 Å². The minimum atomic E-state index is -0.538. The van der Waals surface area contributed by atoms with E-state index in [2.05, 4.69) is 15.4 Å². The second-order valence-corrected chi connectivity index (χ2v) is 6.24. The number of anilines is 2. The number of ether oxygens (including phenoxy) is 1. The summed E-state index contributed by atoms with van der Waals surface area (Å²) in [4.78, 5) is 18.3. The SMILES string of the molecule is CN1Cc2ncnn2-c2cccc(NC(=O)OC(C)(C)C)c21. The van der Waals surface area contributed by atoms with Crippen LogP contribution in [0, 0.1) is 0 Å². The molecule has 0 aliphatic carbocycles. The average molecular weight is 301 g/mol. The van der Waals surface area contributed by atoms with Crippen LogP contribution in [0.5, 0.6) is 0 Å². The predicted molar refractivity (Wildman–Crippen MR) is 83.3 cm³/mol. The van der Waals surface area contributed by atoms with Crippen LogP contribution in [-0.4, -0.2) is 33.5 Å². The van der Waals surface area contributed by atoms with Crippen LogP contribution in [-0.2, 0) is 11.3 Å². The summed E-state index contributed by atoms with van der Waals surface area (Å²) in [6.07, 6.45) is 1.06. The van der Waals surface area contributed by atoms with E-state index in [1.165, 1.54) is 6.33 Å². The van der Waals surface area contributed by atoms with E-state index in [1.54, 1.807) is 4.68 Å². The highest BCUT2D eigenvalue weighted by atomic mass is 16.6. The minimum absolute atomic E-state index is 0.473. The predicted octanol–water partition coefficient (Wildman–Crippen LogP) is 2.56. The molecule has 116 valence electrons. The Morgan fingerprint density at radius 1 is 1.36 bits per heavy atom. The number of hydrogen-bond acceptors (Lipinski definition) is 5. The lowest BCUT2D eigenvalue weighted by Crippen LogP contribution is -2.30. The molecule has 0 spiro atoms. The molecule has 2 aromatic rings. The zero-order valence-electron chi connectivity index (χ0n) is 13.1. The van der Waals surface area contributed by atoms with Gasteiger partial charge >= 0.3 is 6.09 Å². The third-order valence-corrected chi connectivity index (χ3v) is 3.26. The first-order chi connectivity index (χ1) is 10.3. The summed E-state index contributed by atoms with van der Waals surface area (Å²) < 4.78 is 7.11. The number of para-hydroxylation sites is 1. The Balaban J connectivity index is 1.95. The first-order valence-electron chi connectivity index (χ1n) is 7.08. The van der Waals surface area contributed by atoms with Gasteiger partial charge in [0.2, 0.25) is 0 Å². The highest BCUT2D eigenvalue weighted by Gasteiger charge is 2.25. The molecule has 0 radical (unpaired) electrons. The Bertz CT molecular complexity index is 717. The third kappa shape index (κ3) is 2.61. The second kappa shape index (κ2) is 5.01. The van der Waals surface area contributed by atoms with Crippen LogP contribution < -0.4 is 10.2 Å². The smallest absolute Gasteiger partial charge is 0.412 e. The summed E-state index contributed by atoms with van der Waals surface area (Å²) in [6, 6.07) is 5.67. The minimum Gasteiger partial charge on any atom is -0.444 e. The number of carbonyl (C=O) groups is 1. The van der Waals surface area contributed by atoms with Crippen LogP contribution in [0.2, 0.25) is 0 Å². The molecule has 0 fully saturated rings. The molecule has 0 unspecified atom stereocenters. The topological polar surface area (TPSA) is 72.3 Å². The van der Waals surface area contributed by atoms with Gasteiger partial charge in [-0.3, -0.25) is 5.32 Å². The average Bonchev–Trinajstić information content (AvgIpc) is 2.84. The molecule has 3 rings (SSSR count). The van der Waals surface area contributed by atoms with E-state index in [-0.39, 0.29) is 0 Å². The summed E-state index contributed by atoms with van der Waals surface area (Å²) >= 11 is 0. The van der Waals surface area contributed by atoms with E-state index >= 15 is 0 Å². The van der Waals surface area contributed by atoms with Crippen molar-refractivity contribution in [2.75, 3.05) is 17.3 Å². The van der Waals surface area contributed by atoms with Crippen LogP contribution in [0.15, 0.2) is 24.5 Å². The van der Waals surface area contributed by atoms with Gasteiger partial charge in [0, 0.05) is 7.05 Å². The van der Waals surface area contributed by atoms with E-state index in [4.69, 9.17) is 4.74 Å². The van der Waals surface area contributed by atoms with Crippen molar-refractivity contribution < 1.29 is 9.53 Å². The zero-order chi connectivity index (χ0) is 15.9. The highest BCUT2D eigenvalue weighted by Crippen LogP contribution is 2.36. The molecule has 7 heteroatoms. The van der Waals surface area contributed by atoms with E-state index in [1.807, 2.05) is 50.9 Å². The Hall–Kier alpha value is -2.57. The van der Waals surface area contributed by atoms with Gasteiger partial charge in [0.05, 0.1) is 23.6 Å². The number of amides is 1. The molecule has 2 heterocycles. The molecule has 1 N–H and O–H groups in total. The maximum atomic E-state index is 12.0. The van der Waals surface area contributed by atoms with Crippen molar-refractivity contribution in [3.63, 3.8) is 0 Å². The molecular formula is C15H19N5O2. The molecule has 1 aromatic carbocycles. The molecule has 0 saturated heterocycles. The lowest BCUT2D eigenvalue weighted by Gasteiger charge is -2.29. The Kier molecular flexibility index (Phi) is 3.27. The molecule has 1 aliphatic rings. The molecule has 1 aromatic heterocycles. The van der Waals surface area contributed by atoms with Crippen LogP contribution >= 0.6 is 0 Å². The van der Waals surface area contributed by atoms with Gasteiger partial charge in [0.15, 0.2) is 5.82 Å². The molecule has 22 heavy (non-hydrogen) atoms. The molecule has 0 saturated carbocycles. The lowest BCUT2D eigenvalue weighted by atomic mass is 10.1. The number of nitrogens with one attached hydrogen (secondary N) is 1. The van der Waals surface area contributed by atoms with E-state index in [0.29, 0.717) is 12.2 Å². The van der Waals surface area contributed by atoms with Gasteiger partial charge in [0.25, 0.3) is 0 Å². The number of hydrogen-bond donors (Lipinski definition) is 1. The fourth-order valence-electron chi connectivity index (χ4n) is 2.48. The molecule has 7 nitrogen and oxygen atoms in total. The van der Waals surface area contributed by atoms with Crippen LogP contribution in [0.1, 0.15) is 26.6 Å². The van der Waals surface area contributed by atoms with Crippen molar-refractivity contribution in [1.82, 2.24) is 14.8 Å². The van der Waals surface area contributed by atoms with E-state index < -0.39 is 11.7 Å². The summed E-state index contributed by atoms with van der Waals surface area (Å²) in [5.74, 6) is 0.865. The van der Waals surface area contributed by atoms with Gasteiger partial charge in [-0.15, -0.1) is 0 Å². The number of benzene rings is 1. The first-order valence-corrected chi connectivity index (χ1v) is 7.08. The lowest BCUT2D eigenvalue weighted by molar-refractivity contribution is 0.0636. The maximum absolute atomic E-state index is 12.0. The molecular weight excluding hydrogens is 282 g/mol. The zero-order valence-corrected chi connectivity index (χ0v) is 13.1. The second-order valence-electron chi connectivity index (χ2n) is 6.24. The number of nitrogens with zero attached hydrogens (tertiary/aromatic N) is 4. The van der Waals surface area contributed by atoms with Crippen LogP contribution in [0.4, 0.5) is 16.2 Å². The number of carbonyl (C=O) groups excluding carboxylic acids is 1. The Morgan fingerprint density at radius 2 is 2.14 bits per heavy atom. The van der Waals surface area contributed by atoms with Gasteiger partial charge < -0.3 is 9.64 Å². The number of rotatable bonds is 1. The van der Waals surface area contributed by atoms with Gasteiger partial charge in [0.1, 0.15) is 11.9 Å². The van der Waals surface area contributed by atoms with Crippen molar-refractivity contribution >= 4 is 17.5 Å². The largest absolute Gasteiger partial charge is 0.444 e. The first kappa shape index (κ1) is 14.4. The standard InChI is InChI=1S/C15H19N5O2/c1-15(2,3)22-14(21)18-10-6-5-7-11-13(10)19(4)8-12-16-9-17-20(11)12/h5-7,9H,8H2,1-4H3,(H,18,21). The van der Waals surface area contributed by atoms with Gasteiger partial charge in [-0.2, -0.15) is 5.10 Å². The highest BCUT2D eigenvalue weighted by molar-refractivity contribution is 5.92. The summed E-state index contributed by atoms with van der Waals surface area (Å²) in [6.45, 7) is 6.13. The monoisotopic (exact) mass is 301 g/mol. The van der Waals surface area contributed by atoms with Crippen molar-refractivity contribution in [2.24, 2.45) is 0 Å². The molecule has 1 amide bonds.